The number of hydrogen-bond donors (Lipinski definition) is 1. The average molecular weight is 183 g/mol. The SMILES string of the molecule is CCCCCC(O)c1[c]scc1. The summed E-state index contributed by atoms with van der Waals surface area (Å²) in [5.74, 6) is 0. The largest absolute Gasteiger partial charge is 0.388 e. The van der Waals surface area contributed by atoms with Crippen LogP contribution in [0.15, 0.2) is 11.4 Å². The maximum Gasteiger partial charge on any atom is 0.0804 e. The molecule has 1 unspecified atom stereocenters. The Balaban J connectivity index is 2.25. The van der Waals surface area contributed by atoms with Gasteiger partial charge >= 0.3 is 0 Å². The molecule has 1 heterocycles. The van der Waals surface area contributed by atoms with Crippen molar-refractivity contribution in [3.63, 3.8) is 0 Å². The van der Waals surface area contributed by atoms with E-state index in [9.17, 15) is 5.11 Å². The summed E-state index contributed by atoms with van der Waals surface area (Å²) in [4.78, 5) is 0. The third-order valence-electron chi connectivity index (χ3n) is 1.93. The highest BCUT2D eigenvalue weighted by Gasteiger charge is 2.06. The predicted octanol–water partition coefficient (Wildman–Crippen LogP) is 3.16. The molecule has 1 aromatic heterocycles. The first-order chi connectivity index (χ1) is 5.84. The molecule has 1 nitrogen and oxygen atoms in total. The van der Waals surface area contributed by atoms with Crippen molar-refractivity contribution in [3.8, 4) is 0 Å². The van der Waals surface area contributed by atoms with Crippen LogP contribution in [0.1, 0.15) is 44.3 Å². The van der Waals surface area contributed by atoms with Gasteiger partial charge in [0.1, 0.15) is 0 Å². The van der Waals surface area contributed by atoms with Crippen LogP contribution in [0.5, 0.6) is 0 Å². The Morgan fingerprint density at radius 2 is 2.42 bits per heavy atom. The normalized spacial score (nSPS) is 13.2. The van der Waals surface area contributed by atoms with Gasteiger partial charge in [-0.1, -0.05) is 26.2 Å². The van der Waals surface area contributed by atoms with Crippen LogP contribution in [-0.2, 0) is 0 Å². The molecular weight excluding hydrogens is 168 g/mol. The van der Waals surface area contributed by atoms with Gasteiger partial charge in [-0.05, 0) is 23.4 Å². The number of hydrogen-bond acceptors (Lipinski definition) is 2. The van der Waals surface area contributed by atoms with Gasteiger partial charge in [0.25, 0.3) is 0 Å². The second-order valence-electron chi connectivity index (χ2n) is 2.99. The Morgan fingerprint density at radius 3 is 3.00 bits per heavy atom. The zero-order valence-corrected chi connectivity index (χ0v) is 8.23. The van der Waals surface area contributed by atoms with Crippen LogP contribution < -0.4 is 0 Å². The highest BCUT2D eigenvalue weighted by molar-refractivity contribution is 7.07. The molecule has 12 heavy (non-hydrogen) atoms. The smallest absolute Gasteiger partial charge is 0.0804 e. The van der Waals surface area contributed by atoms with Crippen molar-refractivity contribution in [2.75, 3.05) is 0 Å². The summed E-state index contributed by atoms with van der Waals surface area (Å²) in [6.45, 7) is 2.17. The van der Waals surface area contributed by atoms with Crippen LogP contribution in [0.25, 0.3) is 0 Å². The molecule has 0 spiro atoms. The minimum Gasteiger partial charge on any atom is -0.388 e. The Morgan fingerprint density at radius 1 is 1.58 bits per heavy atom. The van der Waals surface area contributed by atoms with Crippen LogP contribution in [-0.4, -0.2) is 5.11 Å². The number of unbranched alkanes of at least 4 members (excludes halogenated alkanes) is 2. The molecule has 0 aliphatic carbocycles. The zero-order chi connectivity index (χ0) is 8.81. The van der Waals surface area contributed by atoms with Crippen molar-refractivity contribution in [1.29, 1.82) is 0 Å². The van der Waals surface area contributed by atoms with Crippen LogP contribution in [0, 0.1) is 5.38 Å². The van der Waals surface area contributed by atoms with Crippen LogP contribution in [0.3, 0.4) is 0 Å². The first-order valence-corrected chi connectivity index (χ1v) is 5.35. The fraction of sp³-hybridized carbons (Fsp3) is 0.600. The fourth-order valence-corrected chi connectivity index (χ4v) is 1.79. The van der Waals surface area contributed by atoms with Crippen molar-refractivity contribution in [3.05, 3.63) is 22.4 Å². The summed E-state index contributed by atoms with van der Waals surface area (Å²) in [5, 5.41) is 14.6. The third-order valence-corrected chi connectivity index (χ3v) is 2.56. The van der Waals surface area contributed by atoms with Crippen molar-refractivity contribution in [2.24, 2.45) is 0 Å². The molecule has 1 N–H and O–H groups in total. The van der Waals surface area contributed by atoms with Gasteiger partial charge in [0, 0.05) is 0 Å². The Kier molecular flexibility index (Phi) is 4.33. The molecule has 0 aromatic carbocycles. The van der Waals surface area contributed by atoms with Gasteiger partial charge in [0.15, 0.2) is 0 Å². The van der Waals surface area contributed by atoms with Gasteiger partial charge in [-0.3, -0.25) is 0 Å². The molecule has 1 atom stereocenters. The van der Waals surface area contributed by atoms with Gasteiger partial charge in [-0.2, -0.15) is 0 Å². The highest BCUT2D eigenvalue weighted by Crippen LogP contribution is 2.20. The van der Waals surface area contributed by atoms with Gasteiger partial charge in [0.2, 0.25) is 0 Å². The third kappa shape index (κ3) is 2.95. The second kappa shape index (κ2) is 5.33. The lowest BCUT2D eigenvalue weighted by molar-refractivity contribution is 0.164. The van der Waals surface area contributed by atoms with E-state index in [0.29, 0.717) is 0 Å². The first-order valence-electron chi connectivity index (χ1n) is 4.47. The lowest BCUT2D eigenvalue weighted by Gasteiger charge is -2.06. The van der Waals surface area contributed by atoms with E-state index in [1.54, 1.807) is 0 Å². The molecule has 0 saturated heterocycles. The zero-order valence-electron chi connectivity index (χ0n) is 7.42. The molecular formula is C10H15OS. The monoisotopic (exact) mass is 183 g/mol. The summed E-state index contributed by atoms with van der Waals surface area (Å²) >= 11 is 1.52. The fourth-order valence-electron chi connectivity index (χ4n) is 1.17. The van der Waals surface area contributed by atoms with Crippen molar-refractivity contribution < 1.29 is 5.11 Å². The van der Waals surface area contributed by atoms with Crippen LogP contribution in [0.2, 0.25) is 0 Å². The Bertz CT molecular complexity index is 194. The minimum atomic E-state index is -0.289. The van der Waals surface area contributed by atoms with Gasteiger partial charge in [0.05, 0.1) is 11.5 Å². The van der Waals surface area contributed by atoms with Gasteiger partial charge in [-0.25, -0.2) is 0 Å². The topological polar surface area (TPSA) is 20.2 Å². The van der Waals surface area contributed by atoms with E-state index in [1.165, 1.54) is 24.2 Å². The molecule has 0 aliphatic rings. The maximum absolute atomic E-state index is 9.61. The lowest BCUT2D eigenvalue weighted by atomic mass is 10.1. The highest BCUT2D eigenvalue weighted by atomic mass is 32.1. The number of aliphatic hydroxyl groups is 1. The molecule has 0 saturated carbocycles. The van der Waals surface area contributed by atoms with Gasteiger partial charge < -0.3 is 5.11 Å². The summed E-state index contributed by atoms with van der Waals surface area (Å²) in [6.07, 6.45) is 4.12. The predicted molar refractivity (Wildman–Crippen MR) is 52.3 cm³/mol. The van der Waals surface area contributed by atoms with E-state index < -0.39 is 0 Å². The lowest BCUT2D eigenvalue weighted by Crippen LogP contribution is -1.94. The van der Waals surface area contributed by atoms with Crippen LogP contribution >= 0.6 is 11.3 Å². The van der Waals surface area contributed by atoms with Crippen LogP contribution in [0.4, 0.5) is 0 Å². The molecule has 1 aromatic rings. The first kappa shape index (κ1) is 9.75. The number of thiophene rings is 1. The molecule has 67 valence electrons. The number of rotatable bonds is 5. The standard InChI is InChI=1S/C10H15OS/c1-2-3-4-5-10(11)9-6-7-12-8-9/h6-7,10-11H,2-5H2,1H3. The molecule has 1 radical (unpaired) electrons. The van der Waals surface area contributed by atoms with E-state index >= 15 is 0 Å². The van der Waals surface area contributed by atoms with Crippen molar-refractivity contribution in [2.45, 2.75) is 38.7 Å². The average Bonchev–Trinajstić information content (AvgIpc) is 2.56. The summed E-state index contributed by atoms with van der Waals surface area (Å²) < 4.78 is 0. The molecule has 0 aliphatic heterocycles. The molecule has 0 bridgehead atoms. The number of aliphatic hydroxyl groups excluding tert-OH is 1. The summed E-state index contributed by atoms with van der Waals surface area (Å²) in [7, 11) is 0. The van der Waals surface area contributed by atoms with E-state index in [0.717, 1.165) is 18.4 Å². The second-order valence-corrected chi connectivity index (χ2v) is 3.70. The van der Waals surface area contributed by atoms with E-state index in [1.807, 2.05) is 11.4 Å². The van der Waals surface area contributed by atoms with E-state index in [-0.39, 0.29) is 6.10 Å². The molecule has 0 amide bonds. The maximum atomic E-state index is 9.61. The van der Waals surface area contributed by atoms with Gasteiger partial charge in [-0.15, -0.1) is 11.3 Å². The quantitative estimate of drug-likeness (QED) is 0.695. The molecule has 2 heteroatoms. The van der Waals surface area contributed by atoms with Crippen molar-refractivity contribution in [1.82, 2.24) is 0 Å². The summed E-state index contributed by atoms with van der Waals surface area (Å²) in [6, 6.07) is 1.95. The van der Waals surface area contributed by atoms with Crippen molar-refractivity contribution >= 4 is 11.3 Å². The molecule has 0 fully saturated rings. The Hall–Kier alpha value is -0.340. The Labute approximate surface area is 78.1 Å². The molecule has 1 rings (SSSR count). The van der Waals surface area contributed by atoms with E-state index in [2.05, 4.69) is 12.3 Å². The minimum absolute atomic E-state index is 0.289. The summed E-state index contributed by atoms with van der Waals surface area (Å²) in [5.41, 5.74) is 0.955. The van der Waals surface area contributed by atoms with E-state index in [4.69, 9.17) is 0 Å².